The van der Waals surface area contributed by atoms with Crippen LogP contribution in [-0.4, -0.2) is 28.9 Å². The first kappa shape index (κ1) is 17.7. The summed E-state index contributed by atoms with van der Waals surface area (Å²) in [4.78, 5) is 34.7. The van der Waals surface area contributed by atoms with E-state index < -0.39 is 17.9 Å². The summed E-state index contributed by atoms with van der Waals surface area (Å²) >= 11 is 0. The van der Waals surface area contributed by atoms with Gasteiger partial charge in [-0.25, -0.2) is 4.79 Å². The number of hydrogen-bond donors (Lipinski definition) is 3. The number of unbranched alkanes of at least 4 members (excludes halogenated alkanes) is 1. The third-order valence-electron chi connectivity index (χ3n) is 3.18. The highest BCUT2D eigenvalue weighted by Crippen LogP contribution is 2.12. The minimum atomic E-state index is -1.04. The maximum Gasteiger partial charge on any atom is 0.326 e. The van der Waals surface area contributed by atoms with Crippen LogP contribution in [0.1, 0.15) is 49.9 Å². The topological polar surface area (TPSA) is 95.5 Å². The van der Waals surface area contributed by atoms with Gasteiger partial charge in [-0.1, -0.05) is 32.8 Å². The summed E-state index contributed by atoms with van der Waals surface area (Å²) in [5.41, 5.74) is 0.830. The lowest BCUT2D eigenvalue weighted by molar-refractivity contribution is -0.139. The van der Waals surface area contributed by atoms with Gasteiger partial charge in [0.2, 0.25) is 5.91 Å². The van der Waals surface area contributed by atoms with E-state index >= 15 is 0 Å². The predicted octanol–water partition coefficient (Wildman–Crippen LogP) is 2.41. The number of carboxylic acid groups (broad SMARTS) is 1. The maximum absolute atomic E-state index is 12.1. The number of rotatable bonds is 8. The van der Waals surface area contributed by atoms with E-state index in [0.29, 0.717) is 24.1 Å². The minimum Gasteiger partial charge on any atom is -0.480 e. The van der Waals surface area contributed by atoms with Crippen molar-refractivity contribution in [3.8, 4) is 0 Å². The maximum atomic E-state index is 12.1. The molecule has 3 N–H and O–H groups in total. The molecule has 0 heterocycles. The van der Waals surface area contributed by atoms with Gasteiger partial charge < -0.3 is 15.7 Å². The molecule has 0 saturated carbocycles. The van der Waals surface area contributed by atoms with E-state index in [1.165, 1.54) is 6.07 Å². The van der Waals surface area contributed by atoms with E-state index in [1.807, 2.05) is 6.92 Å². The van der Waals surface area contributed by atoms with Crippen molar-refractivity contribution in [2.45, 2.75) is 45.6 Å². The minimum absolute atomic E-state index is 0.149. The summed E-state index contributed by atoms with van der Waals surface area (Å²) in [6.07, 6.45) is 2.32. The second-order valence-electron chi connectivity index (χ2n) is 4.99. The van der Waals surface area contributed by atoms with Crippen LogP contribution in [0.5, 0.6) is 0 Å². The van der Waals surface area contributed by atoms with Crippen LogP contribution < -0.4 is 10.6 Å². The van der Waals surface area contributed by atoms with Gasteiger partial charge in [0.1, 0.15) is 6.04 Å². The number of hydrogen-bond acceptors (Lipinski definition) is 3. The number of carboxylic acids is 1. The molecule has 2 amide bonds. The van der Waals surface area contributed by atoms with E-state index in [9.17, 15) is 14.4 Å². The molecule has 0 bridgehead atoms. The fourth-order valence-corrected chi connectivity index (χ4v) is 1.89. The van der Waals surface area contributed by atoms with Crippen molar-refractivity contribution in [2.24, 2.45) is 0 Å². The van der Waals surface area contributed by atoms with Crippen LogP contribution in [0.3, 0.4) is 0 Å². The number of benzene rings is 1. The molecule has 22 heavy (non-hydrogen) atoms. The van der Waals surface area contributed by atoms with Crippen molar-refractivity contribution >= 4 is 23.5 Å². The largest absolute Gasteiger partial charge is 0.480 e. The van der Waals surface area contributed by atoms with Gasteiger partial charge in [0, 0.05) is 17.7 Å². The summed E-state index contributed by atoms with van der Waals surface area (Å²) in [5, 5.41) is 14.3. The van der Waals surface area contributed by atoms with Crippen LogP contribution in [0.25, 0.3) is 0 Å². The molecule has 1 atom stereocenters. The lowest BCUT2D eigenvalue weighted by atomic mass is 10.1. The van der Waals surface area contributed by atoms with Crippen molar-refractivity contribution in [3.63, 3.8) is 0 Å². The van der Waals surface area contributed by atoms with Crippen LogP contribution in [0, 0.1) is 0 Å². The Bertz CT molecular complexity index is 543. The van der Waals surface area contributed by atoms with Gasteiger partial charge in [0.05, 0.1) is 0 Å². The summed E-state index contributed by atoms with van der Waals surface area (Å²) in [7, 11) is 0. The number of carbonyl (C=O) groups excluding carboxylic acids is 2. The summed E-state index contributed by atoms with van der Waals surface area (Å²) in [5.74, 6) is -1.66. The molecule has 0 spiro atoms. The lowest BCUT2D eigenvalue weighted by Crippen LogP contribution is -2.40. The molecule has 1 aromatic carbocycles. The number of aliphatic carboxylic acids is 1. The molecular formula is C16H22N2O4. The SMILES string of the molecule is CCCC[C@H](NC(=O)c1cccc(NC(=O)CC)c1)C(=O)O. The first-order valence-corrected chi connectivity index (χ1v) is 7.41. The van der Waals surface area contributed by atoms with E-state index in [2.05, 4.69) is 10.6 Å². The summed E-state index contributed by atoms with van der Waals surface area (Å²) in [6, 6.07) is 5.52. The smallest absolute Gasteiger partial charge is 0.326 e. The first-order valence-electron chi connectivity index (χ1n) is 7.41. The Kier molecular flexibility index (Phi) is 7.08. The van der Waals surface area contributed by atoms with Crippen molar-refractivity contribution < 1.29 is 19.5 Å². The molecule has 0 unspecified atom stereocenters. The Morgan fingerprint density at radius 2 is 1.95 bits per heavy atom. The Morgan fingerprint density at radius 1 is 1.23 bits per heavy atom. The van der Waals surface area contributed by atoms with Gasteiger partial charge in [-0.15, -0.1) is 0 Å². The summed E-state index contributed by atoms with van der Waals surface area (Å²) in [6.45, 7) is 3.69. The van der Waals surface area contributed by atoms with Gasteiger partial charge in [-0.3, -0.25) is 9.59 Å². The lowest BCUT2D eigenvalue weighted by Gasteiger charge is -2.14. The Morgan fingerprint density at radius 3 is 2.55 bits per heavy atom. The van der Waals surface area contributed by atoms with E-state index in [1.54, 1.807) is 25.1 Å². The van der Waals surface area contributed by atoms with Gasteiger partial charge in [0.25, 0.3) is 5.91 Å². The molecule has 6 heteroatoms. The zero-order valence-corrected chi connectivity index (χ0v) is 12.9. The number of carbonyl (C=O) groups is 3. The molecule has 1 rings (SSSR count). The molecule has 0 aliphatic rings. The van der Waals surface area contributed by atoms with Gasteiger partial charge in [0.15, 0.2) is 0 Å². The molecule has 0 radical (unpaired) electrons. The average molecular weight is 306 g/mol. The normalized spacial score (nSPS) is 11.5. The predicted molar refractivity (Wildman–Crippen MR) is 83.8 cm³/mol. The van der Waals surface area contributed by atoms with Crippen molar-refractivity contribution in [1.82, 2.24) is 5.32 Å². The van der Waals surface area contributed by atoms with Crippen LogP contribution in [0.2, 0.25) is 0 Å². The molecule has 0 fully saturated rings. The Balaban J connectivity index is 2.77. The van der Waals surface area contributed by atoms with Gasteiger partial charge in [-0.2, -0.15) is 0 Å². The summed E-state index contributed by atoms with van der Waals surface area (Å²) < 4.78 is 0. The Hall–Kier alpha value is -2.37. The van der Waals surface area contributed by atoms with E-state index in [4.69, 9.17) is 5.11 Å². The second-order valence-corrected chi connectivity index (χ2v) is 4.99. The van der Waals surface area contributed by atoms with Crippen molar-refractivity contribution in [1.29, 1.82) is 0 Å². The third kappa shape index (κ3) is 5.55. The molecule has 0 aliphatic heterocycles. The molecule has 0 aliphatic carbocycles. The monoisotopic (exact) mass is 306 g/mol. The fourth-order valence-electron chi connectivity index (χ4n) is 1.89. The van der Waals surface area contributed by atoms with Crippen LogP contribution in [0.15, 0.2) is 24.3 Å². The highest BCUT2D eigenvalue weighted by atomic mass is 16.4. The molecule has 0 saturated heterocycles. The van der Waals surface area contributed by atoms with Crippen molar-refractivity contribution in [2.75, 3.05) is 5.32 Å². The van der Waals surface area contributed by atoms with E-state index in [0.717, 1.165) is 12.8 Å². The standard InChI is InChI=1S/C16H22N2O4/c1-3-5-9-13(16(21)22)18-15(20)11-7-6-8-12(10-11)17-14(19)4-2/h6-8,10,13H,3-5,9H2,1-2H3,(H,17,19)(H,18,20)(H,21,22)/t13-/m0/s1. The number of nitrogens with one attached hydrogen (secondary N) is 2. The number of amides is 2. The molecule has 0 aromatic heterocycles. The zero-order valence-electron chi connectivity index (χ0n) is 12.9. The molecule has 6 nitrogen and oxygen atoms in total. The van der Waals surface area contributed by atoms with Crippen LogP contribution in [0.4, 0.5) is 5.69 Å². The first-order chi connectivity index (χ1) is 10.5. The van der Waals surface area contributed by atoms with Crippen LogP contribution >= 0.6 is 0 Å². The third-order valence-corrected chi connectivity index (χ3v) is 3.18. The molecule has 1 aromatic rings. The van der Waals surface area contributed by atoms with Gasteiger partial charge in [-0.05, 0) is 24.6 Å². The second kappa shape index (κ2) is 8.81. The fraction of sp³-hybridized carbons (Fsp3) is 0.438. The highest BCUT2D eigenvalue weighted by Gasteiger charge is 2.20. The van der Waals surface area contributed by atoms with Gasteiger partial charge >= 0.3 is 5.97 Å². The zero-order chi connectivity index (χ0) is 16.5. The molecular weight excluding hydrogens is 284 g/mol. The quantitative estimate of drug-likeness (QED) is 0.687. The average Bonchev–Trinajstić information content (AvgIpc) is 2.51. The van der Waals surface area contributed by atoms with Crippen molar-refractivity contribution in [3.05, 3.63) is 29.8 Å². The van der Waals surface area contributed by atoms with Crippen LogP contribution in [-0.2, 0) is 9.59 Å². The molecule has 120 valence electrons. The number of anilines is 1. The van der Waals surface area contributed by atoms with E-state index in [-0.39, 0.29) is 5.91 Å². The highest BCUT2D eigenvalue weighted by molar-refractivity contribution is 5.98. The Labute approximate surface area is 129 Å².